The van der Waals surface area contributed by atoms with Crippen LogP contribution < -0.4 is 15.1 Å². The van der Waals surface area contributed by atoms with Gasteiger partial charge >= 0.3 is 5.63 Å². The van der Waals surface area contributed by atoms with E-state index in [1.165, 1.54) is 19.2 Å². The molecule has 114 valence electrons. The van der Waals surface area contributed by atoms with Gasteiger partial charge in [-0.05, 0) is 18.2 Å². The Morgan fingerprint density at radius 3 is 2.81 bits per heavy atom. The highest BCUT2D eigenvalue weighted by molar-refractivity contribution is 5.86. The average molecular weight is 296 g/mol. The predicted molar refractivity (Wildman–Crippen MR) is 73.9 cm³/mol. The number of aliphatic hydroxyl groups is 2. The van der Waals surface area contributed by atoms with Gasteiger partial charge in [-0.15, -0.1) is 0 Å². The summed E-state index contributed by atoms with van der Waals surface area (Å²) in [6, 6.07) is 4.57. The van der Waals surface area contributed by atoms with E-state index >= 15 is 0 Å². The Kier molecular flexibility index (Phi) is 4.66. The quantitative estimate of drug-likeness (QED) is 0.671. The van der Waals surface area contributed by atoms with E-state index in [0.717, 1.165) is 0 Å². The van der Waals surface area contributed by atoms with Gasteiger partial charge < -0.3 is 29.2 Å². The number of hydrogen-bond acceptors (Lipinski definition) is 7. The van der Waals surface area contributed by atoms with Crippen LogP contribution in [0.3, 0.4) is 0 Å². The van der Waals surface area contributed by atoms with Crippen molar-refractivity contribution in [1.82, 2.24) is 0 Å². The zero-order valence-electron chi connectivity index (χ0n) is 11.4. The first-order valence-electron chi connectivity index (χ1n) is 6.32. The van der Waals surface area contributed by atoms with E-state index in [0.29, 0.717) is 5.75 Å². The molecule has 0 saturated carbocycles. The van der Waals surface area contributed by atoms with Gasteiger partial charge in [0.25, 0.3) is 0 Å². The predicted octanol–water partition coefficient (Wildman–Crippen LogP) is 0.629. The minimum atomic E-state index is -0.836. The zero-order valence-corrected chi connectivity index (χ0v) is 11.4. The molecule has 0 aliphatic heterocycles. The highest BCUT2D eigenvalue weighted by Gasteiger charge is 2.15. The van der Waals surface area contributed by atoms with Gasteiger partial charge in [0.2, 0.25) is 5.75 Å². The van der Waals surface area contributed by atoms with Crippen LogP contribution in [0, 0.1) is 0 Å². The van der Waals surface area contributed by atoms with Crippen LogP contribution in [0.5, 0.6) is 17.2 Å². The molecule has 0 fully saturated rings. The molecule has 1 unspecified atom stereocenters. The van der Waals surface area contributed by atoms with Crippen molar-refractivity contribution in [1.29, 1.82) is 0 Å². The van der Waals surface area contributed by atoms with Crippen molar-refractivity contribution >= 4 is 11.0 Å². The van der Waals surface area contributed by atoms with Gasteiger partial charge in [0.1, 0.15) is 11.3 Å². The SMILES string of the molecule is COc1c(O)c2cc(OCCC(O)CO)ccc2oc1=O. The van der Waals surface area contributed by atoms with E-state index in [1.54, 1.807) is 6.07 Å². The third-order valence-corrected chi connectivity index (χ3v) is 2.94. The van der Waals surface area contributed by atoms with Crippen LogP contribution in [0.2, 0.25) is 0 Å². The number of rotatable bonds is 6. The second-order valence-corrected chi connectivity index (χ2v) is 4.40. The molecule has 2 aromatic rings. The molecule has 0 saturated heterocycles. The van der Waals surface area contributed by atoms with Gasteiger partial charge in [-0.2, -0.15) is 0 Å². The summed E-state index contributed by atoms with van der Waals surface area (Å²) in [4.78, 5) is 11.5. The van der Waals surface area contributed by atoms with Crippen molar-refractivity contribution in [2.45, 2.75) is 12.5 Å². The minimum absolute atomic E-state index is 0.196. The Labute approximate surface area is 120 Å². The second-order valence-electron chi connectivity index (χ2n) is 4.40. The third-order valence-electron chi connectivity index (χ3n) is 2.94. The molecule has 7 nitrogen and oxygen atoms in total. The molecule has 1 atom stereocenters. The number of aromatic hydroxyl groups is 1. The summed E-state index contributed by atoms with van der Waals surface area (Å²) in [6.45, 7) is -0.133. The molecule has 0 aliphatic carbocycles. The fourth-order valence-corrected chi connectivity index (χ4v) is 1.82. The van der Waals surface area contributed by atoms with Crippen LogP contribution in [0.25, 0.3) is 11.0 Å². The molecule has 1 aromatic carbocycles. The maximum absolute atomic E-state index is 11.5. The Balaban J connectivity index is 2.26. The van der Waals surface area contributed by atoms with Crippen molar-refractivity contribution in [3.63, 3.8) is 0 Å². The van der Waals surface area contributed by atoms with E-state index < -0.39 is 11.7 Å². The summed E-state index contributed by atoms with van der Waals surface area (Å²) in [7, 11) is 1.26. The molecule has 3 N–H and O–H groups in total. The first-order valence-corrected chi connectivity index (χ1v) is 6.32. The lowest BCUT2D eigenvalue weighted by atomic mass is 10.2. The highest BCUT2D eigenvalue weighted by atomic mass is 16.5. The fraction of sp³-hybridized carbons (Fsp3) is 0.357. The first-order chi connectivity index (χ1) is 10.1. The van der Waals surface area contributed by atoms with Crippen molar-refractivity contribution in [3.05, 3.63) is 28.6 Å². The summed E-state index contributed by atoms with van der Waals surface area (Å²) >= 11 is 0. The number of ether oxygens (including phenoxy) is 2. The number of benzene rings is 1. The largest absolute Gasteiger partial charge is 0.504 e. The highest BCUT2D eigenvalue weighted by Crippen LogP contribution is 2.33. The number of fused-ring (bicyclic) bond motifs is 1. The smallest absolute Gasteiger partial charge is 0.383 e. The molecular formula is C14H16O7. The molecule has 0 spiro atoms. The zero-order chi connectivity index (χ0) is 15.4. The molecular weight excluding hydrogens is 280 g/mol. The monoisotopic (exact) mass is 296 g/mol. The van der Waals surface area contributed by atoms with E-state index in [1.807, 2.05) is 0 Å². The van der Waals surface area contributed by atoms with Crippen LogP contribution in [0.1, 0.15) is 6.42 Å². The molecule has 0 radical (unpaired) electrons. The average Bonchev–Trinajstić information content (AvgIpc) is 2.48. The van der Waals surface area contributed by atoms with Gasteiger partial charge in [-0.3, -0.25) is 0 Å². The first kappa shape index (κ1) is 15.1. The summed E-state index contributed by atoms with van der Waals surface area (Å²) in [5.41, 5.74) is -0.553. The summed E-state index contributed by atoms with van der Waals surface area (Å²) in [6.07, 6.45) is -0.565. The maximum atomic E-state index is 11.5. The maximum Gasteiger partial charge on any atom is 0.383 e. The second kappa shape index (κ2) is 6.47. The van der Waals surface area contributed by atoms with E-state index in [4.69, 9.17) is 19.0 Å². The third kappa shape index (κ3) is 3.26. The topological polar surface area (TPSA) is 109 Å². The van der Waals surface area contributed by atoms with Gasteiger partial charge in [0.05, 0.1) is 31.8 Å². The molecule has 0 aliphatic rings. The van der Waals surface area contributed by atoms with Gasteiger partial charge in [0, 0.05) is 6.42 Å². The van der Waals surface area contributed by atoms with E-state index in [-0.39, 0.29) is 42.1 Å². The standard InChI is InChI=1S/C14H16O7/c1-19-13-12(17)10-6-9(20-5-4-8(16)7-15)2-3-11(10)21-14(13)18/h2-3,6,8,15-17H,4-5,7H2,1H3. The molecule has 0 amide bonds. The van der Waals surface area contributed by atoms with Crippen LogP contribution in [-0.4, -0.2) is 41.7 Å². The Morgan fingerprint density at radius 1 is 1.38 bits per heavy atom. The van der Waals surface area contributed by atoms with Crippen LogP contribution in [0.4, 0.5) is 0 Å². The molecule has 0 bridgehead atoms. The summed E-state index contributed by atoms with van der Waals surface area (Å²) in [5, 5.41) is 28.2. The van der Waals surface area contributed by atoms with E-state index in [2.05, 4.69) is 0 Å². The number of hydrogen-bond donors (Lipinski definition) is 3. The molecule has 7 heteroatoms. The lowest BCUT2D eigenvalue weighted by molar-refractivity contribution is 0.0754. The molecule has 1 heterocycles. The molecule has 21 heavy (non-hydrogen) atoms. The van der Waals surface area contributed by atoms with Gasteiger partial charge in [-0.1, -0.05) is 0 Å². The van der Waals surface area contributed by atoms with Crippen molar-refractivity contribution < 1.29 is 29.2 Å². The number of aliphatic hydroxyl groups excluding tert-OH is 2. The molecule has 1 aromatic heterocycles. The van der Waals surface area contributed by atoms with Gasteiger partial charge in [-0.25, -0.2) is 4.79 Å². The normalized spacial score (nSPS) is 12.3. The van der Waals surface area contributed by atoms with Crippen molar-refractivity contribution in [2.75, 3.05) is 20.3 Å². The Morgan fingerprint density at radius 2 is 2.14 bits per heavy atom. The van der Waals surface area contributed by atoms with Crippen LogP contribution in [0.15, 0.2) is 27.4 Å². The number of methoxy groups -OCH3 is 1. The van der Waals surface area contributed by atoms with E-state index in [9.17, 15) is 15.0 Å². The van der Waals surface area contributed by atoms with Crippen LogP contribution in [-0.2, 0) is 0 Å². The lowest BCUT2D eigenvalue weighted by Gasteiger charge is -2.10. The van der Waals surface area contributed by atoms with Crippen molar-refractivity contribution in [2.24, 2.45) is 0 Å². The van der Waals surface area contributed by atoms with Crippen LogP contribution >= 0.6 is 0 Å². The molecule has 2 rings (SSSR count). The fourth-order valence-electron chi connectivity index (χ4n) is 1.82. The Bertz CT molecular complexity index is 677. The minimum Gasteiger partial charge on any atom is -0.504 e. The Hall–Kier alpha value is -2.25. The lowest BCUT2D eigenvalue weighted by Crippen LogP contribution is -2.15. The van der Waals surface area contributed by atoms with Gasteiger partial charge in [0.15, 0.2) is 5.75 Å². The summed E-state index contributed by atoms with van der Waals surface area (Å²) in [5.74, 6) is -0.154. The van der Waals surface area contributed by atoms with Crippen molar-refractivity contribution in [3.8, 4) is 17.2 Å². The summed E-state index contributed by atoms with van der Waals surface area (Å²) < 4.78 is 15.2.